The maximum absolute atomic E-state index is 11.7. The molecule has 4 heteroatoms. The molecule has 0 aliphatic heterocycles. The van der Waals surface area contributed by atoms with Gasteiger partial charge < -0.3 is 0 Å². The van der Waals surface area contributed by atoms with E-state index >= 15 is 0 Å². The predicted molar refractivity (Wildman–Crippen MR) is 127 cm³/mol. The molecule has 0 saturated heterocycles. The summed E-state index contributed by atoms with van der Waals surface area (Å²) in [5.41, 5.74) is 8.16. The molecule has 0 fully saturated rings. The van der Waals surface area contributed by atoms with Crippen LogP contribution in [0.1, 0.15) is 54.0 Å². The van der Waals surface area contributed by atoms with Gasteiger partial charge in [0.15, 0.2) is 0 Å². The Morgan fingerprint density at radius 1 is 0.733 bits per heavy atom. The standard InChI is InChI=1S/C26H27ClO2S/c1-4-5-6-25(21-15-17-24(18-16-21)30(27,28)29)26(22-11-7-19(2)8-12-22)23-13-9-20(3)10-14-23/h7-18H,4-6H2,1-3H3. The molecule has 0 saturated carbocycles. The van der Waals surface area contributed by atoms with Crippen molar-refractivity contribution in [3.8, 4) is 0 Å². The Morgan fingerprint density at radius 2 is 1.17 bits per heavy atom. The molecule has 3 rings (SSSR count). The molecule has 0 bridgehead atoms. The summed E-state index contributed by atoms with van der Waals surface area (Å²) in [5.74, 6) is 0. The second-order valence-electron chi connectivity index (χ2n) is 7.65. The lowest BCUT2D eigenvalue weighted by Crippen LogP contribution is -1.98. The van der Waals surface area contributed by atoms with Crippen molar-refractivity contribution in [2.75, 3.05) is 0 Å². The fraction of sp³-hybridized carbons (Fsp3) is 0.231. The van der Waals surface area contributed by atoms with E-state index in [-0.39, 0.29) is 4.90 Å². The fourth-order valence-corrected chi connectivity index (χ4v) is 4.31. The van der Waals surface area contributed by atoms with Gasteiger partial charge in [-0.05, 0) is 66.7 Å². The number of benzene rings is 3. The molecule has 0 radical (unpaired) electrons. The number of hydrogen-bond acceptors (Lipinski definition) is 2. The largest absolute Gasteiger partial charge is 0.261 e. The van der Waals surface area contributed by atoms with Crippen LogP contribution < -0.4 is 0 Å². The Kier molecular flexibility index (Phi) is 7.17. The van der Waals surface area contributed by atoms with E-state index in [1.807, 2.05) is 12.1 Å². The van der Waals surface area contributed by atoms with Crippen molar-refractivity contribution in [3.63, 3.8) is 0 Å². The van der Waals surface area contributed by atoms with Gasteiger partial charge in [0.05, 0.1) is 4.90 Å². The molecule has 156 valence electrons. The summed E-state index contributed by atoms with van der Waals surface area (Å²) < 4.78 is 23.4. The highest BCUT2D eigenvalue weighted by molar-refractivity contribution is 8.13. The van der Waals surface area contributed by atoms with E-state index in [9.17, 15) is 8.42 Å². The van der Waals surface area contributed by atoms with Crippen LogP contribution in [-0.4, -0.2) is 8.42 Å². The first-order chi connectivity index (χ1) is 14.3. The molecular weight excluding hydrogens is 412 g/mol. The van der Waals surface area contributed by atoms with Gasteiger partial charge in [-0.1, -0.05) is 85.1 Å². The van der Waals surface area contributed by atoms with Gasteiger partial charge in [0.25, 0.3) is 9.05 Å². The van der Waals surface area contributed by atoms with Crippen LogP contribution in [0.4, 0.5) is 0 Å². The topological polar surface area (TPSA) is 34.1 Å². The molecule has 0 unspecified atom stereocenters. The number of allylic oxidation sites excluding steroid dienone is 1. The summed E-state index contributed by atoms with van der Waals surface area (Å²) in [6, 6.07) is 24.1. The minimum Gasteiger partial charge on any atom is -0.207 e. The Balaban J connectivity index is 2.25. The SMILES string of the molecule is CCCCC(=C(c1ccc(C)cc1)c1ccc(C)cc1)c1ccc(S(=O)(=O)Cl)cc1. The third kappa shape index (κ3) is 5.41. The summed E-state index contributed by atoms with van der Waals surface area (Å²) in [7, 11) is 1.78. The highest BCUT2D eigenvalue weighted by Gasteiger charge is 2.16. The quantitative estimate of drug-likeness (QED) is 0.285. The molecule has 30 heavy (non-hydrogen) atoms. The van der Waals surface area contributed by atoms with Crippen molar-refractivity contribution >= 4 is 30.9 Å². The van der Waals surface area contributed by atoms with E-state index in [4.69, 9.17) is 10.7 Å². The second-order valence-corrected chi connectivity index (χ2v) is 10.2. The van der Waals surface area contributed by atoms with Crippen molar-refractivity contribution in [2.24, 2.45) is 0 Å². The van der Waals surface area contributed by atoms with E-state index < -0.39 is 9.05 Å². The molecule has 0 spiro atoms. The number of hydrogen-bond donors (Lipinski definition) is 0. The molecule has 0 aliphatic carbocycles. The van der Waals surface area contributed by atoms with Gasteiger partial charge in [-0.2, -0.15) is 0 Å². The average Bonchev–Trinajstić information content (AvgIpc) is 2.72. The summed E-state index contributed by atoms with van der Waals surface area (Å²) in [5, 5.41) is 0. The molecule has 0 N–H and O–H groups in total. The van der Waals surface area contributed by atoms with E-state index in [2.05, 4.69) is 69.3 Å². The Hall–Kier alpha value is -2.36. The zero-order chi connectivity index (χ0) is 21.7. The number of aryl methyl sites for hydroxylation is 2. The Morgan fingerprint density at radius 3 is 1.57 bits per heavy atom. The molecule has 2 nitrogen and oxygen atoms in total. The minimum absolute atomic E-state index is 0.120. The van der Waals surface area contributed by atoms with Gasteiger partial charge in [-0.15, -0.1) is 0 Å². The van der Waals surface area contributed by atoms with Gasteiger partial charge in [0.1, 0.15) is 0 Å². The smallest absolute Gasteiger partial charge is 0.207 e. The van der Waals surface area contributed by atoms with Crippen LogP contribution in [-0.2, 0) is 9.05 Å². The fourth-order valence-electron chi connectivity index (χ4n) is 3.54. The molecule has 0 aromatic heterocycles. The highest BCUT2D eigenvalue weighted by Crippen LogP contribution is 2.36. The number of rotatable bonds is 7. The Labute approximate surface area is 184 Å². The lowest BCUT2D eigenvalue weighted by atomic mass is 9.86. The molecule has 3 aromatic rings. The third-order valence-electron chi connectivity index (χ3n) is 5.25. The van der Waals surface area contributed by atoms with Crippen molar-refractivity contribution in [2.45, 2.75) is 44.9 Å². The van der Waals surface area contributed by atoms with Crippen LogP contribution >= 0.6 is 10.7 Å². The van der Waals surface area contributed by atoms with E-state index in [0.29, 0.717) is 0 Å². The van der Waals surface area contributed by atoms with Crippen LogP contribution in [0.15, 0.2) is 77.7 Å². The molecule has 0 amide bonds. The minimum atomic E-state index is -3.74. The second kappa shape index (κ2) is 9.63. The maximum atomic E-state index is 11.7. The van der Waals surface area contributed by atoms with Gasteiger partial charge in [-0.3, -0.25) is 0 Å². The summed E-state index contributed by atoms with van der Waals surface area (Å²) >= 11 is 0. The Bertz CT molecular complexity index is 1080. The molecule has 0 aliphatic rings. The molecular formula is C26H27ClO2S. The van der Waals surface area contributed by atoms with Crippen molar-refractivity contribution in [1.82, 2.24) is 0 Å². The van der Waals surface area contributed by atoms with Gasteiger partial charge >= 0.3 is 0 Å². The van der Waals surface area contributed by atoms with Crippen molar-refractivity contribution in [3.05, 3.63) is 101 Å². The summed E-state index contributed by atoms with van der Waals surface area (Å²) in [6.07, 6.45) is 3.03. The van der Waals surface area contributed by atoms with E-state index in [1.165, 1.54) is 22.3 Å². The van der Waals surface area contributed by atoms with E-state index in [1.54, 1.807) is 12.1 Å². The predicted octanol–water partition coefficient (Wildman–Crippen LogP) is 7.38. The van der Waals surface area contributed by atoms with E-state index in [0.717, 1.165) is 36.0 Å². The van der Waals surface area contributed by atoms with Crippen LogP contribution in [0.2, 0.25) is 0 Å². The zero-order valence-corrected chi connectivity index (χ0v) is 19.2. The van der Waals surface area contributed by atoms with Gasteiger partial charge in [-0.25, -0.2) is 8.42 Å². The lowest BCUT2D eigenvalue weighted by Gasteiger charge is -2.18. The number of halogens is 1. The van der Waals surface area contributed by atoms with Gasteiger partial charge in [0.2, 0.25) is 0 Å². The first-order valence-electron chi connectivity index (χ1n) is 10.2. The highest BCUT2D eigenvalue weighted by atomic mass is 35.7. The monoisotopic (exact) mass is 438 g/mol. The first-order valence-corrected chi connectivity index (χ1v) is 12.5. The molecule has 0 atom stereocenters. The third-order valence-corrected chi connectivity index (χ3v) is 6.62. The van der Waals surface area contributed by atoms with Crippen molar-refractivity contribution in [1.29, 1.82) is 0 Å². The maximum Gasteiger partial charge on any atom is 0.261 e. The average molecular weight is 439 g/mol. The van der Waals surface area contributed by atoms with Crippen LogP contribution in [0.5, 0.6) is 0 Å². The van der Waals surface area contributed by atoms with Crippen LogP contribution in [0, 0.1) is 13.8 Å². The van der Waals surface area contributed by atoms with Gasteiger partial charge in [0, 0.05) is 10.7 Å². The van der Waals surface area contributed by atoms with Crippen molar-refractivity contribution < 1.29 is 8.42 Å². The molecule has 0 heterocycles. The lowest BCUT2D eigenvalue weighted by molar-refractivity contribution is 0.609. The normalized spacial score (nSPS) is 11.3. The first kappa shape index (κ1) is 22.3. The summed E-state index contributed by atoms with van der Waals surface area (Å²) in [6.45, 7) is 6.35. The zero-order valence-electron chi connectivity index (χ0n) is 17.7. The molecule has 3 aromatic carbocycles. The number of unbranched alkanes of at least 4 members (excludes halogenated alkanes) is 1. The van der Waals surface area contributed by atoms with Crippen LogP contribution in [0.25, 0.3) is 11.1 Å². The summed E-state index contributed by atoms with van der Waals surface area (Å²) in [4.78, 5) is 0.120. The van der Waals surface area contributed by atoms with Crippen LogP contribution in [0.3, 0.4) is 0 Å².